The smallest absolute Gasteiger partial charge is 0.269 e. The van der Waals surface area contributed by atoms with Crippen molar-refractivity contribution >= 4 is 23.2 Å². The van der Waals surface area contributed by atoms with Crippen LogP contribution < -0.4 is 5.01 Å². The molecule has 0 spiro atoms. The molecule has 5 nitrogen and oxygen atoms in total. The number of nitriles is 1. The average Bonchev–Trinajstić information content (AvgIpc) is 3.52. The van der Waals surface area contributed by atoms with E-state index in [9.17, 15) is 5.26 Å². The van der Waals surface area contributed by atoms with Crippen LogP contribution in [-0.4, -0.2) is 5.71 Å². The molecular formula is C37H26N4O. The van der Waals surface area contributed by atoms with Crippen LogP contribution in [-0.2, 0) is 4.74 Å². The molecule has 0 saturated heterocycles. The minimum atomic E-state index is 0.0241. The van der Waals surface area contributed by atoms with Crippen LogP contribution >= 0.6 is 0 Å². The van der Waals surface area contributed by atoms with Gasteiger partial charge in [-0.1, -0.05) is 109 Å². The number of benzene rings is 4. The lowest BCUT2D eigenvalue weighted by atomic mass is 9.98. The van der Waals surface area contributed by atoms with Gasteiger partial charge < -0.3 is 4.74 Å². The summed E-state index contributed by atoms with van der Waals surface area (Å²) in [5.41, 5.74) is 6.84. The lowest BCUT2D eigenvalue weighted by molar-refractivity contribution is 0.396. The third-order valence-electron chi connectivity index (χ3n) is 7.16. The van der Waals surface area contributed by atoms with Gasteiger partial charge in [0, 0.05) is 12.0 Å². The van der Waals surface area contributed by atoms with E-state index in [0.29, 0.717) is 17.1 Å². The highest BCUT2D eigenvalue weighted by molar-refractivity contribution is 6.03. The van der Waals surface area contributed by atoms with Crippen molar-refractivity contribution in [3.63, 3.8) is 0 Å². The van der Waals surface area contributed by atoms with E-state index in [4.69, 9.17) is 16.4 Å². The molecule has 0 radical (unpaired) electrons. The molecule has 0 fully saturated rings. The number of ether oxygens (including phenoxy) is 1. The second kappa shape index (κ2) is 12.1. The molecule has 0 aliphatic carbocycles. The van der Waals surface area contributed by atoms with Gasteiger partial charge in [0.2, 0.25) is 0 Å². The second-order valence-corrected chi connectivity index (χ2v) is 9.86. The highest BCUT2D eigenvalue weighted by Crippen LogP contribution is 2.37. The molecule has 2 aliphatic rings. The maximum atomic E-state index is 9.47. The van der Waals surface area contributed by atoms with Gasteiger partial charge in [0.25, 0.3) is 5.70 Å². The lowest BCUT2D eigenvalue weighted by Crippen LogP contribution is -2.18. The van der Waals surface area contributed by atoms with Crippen LogP contribution in [0.2, 0.25) is 0 Å². The standard InChI is InChI=1S/C37H26N4O/c1-39-35(26-38)31-23-33(42-37(24-31)30-15-9-4-10-16-30)22-19-27-17-20-32(21-18-27)41-36(29-13-7-3-8-14-29)25-34(40-41)28-11-5-2-6-12-28/h2-24,36H,25H2/b22-19+,35-31-. The van der Waals surface area contributed by atoms with Gasteiger partial charge in [-0.05, 0) is 52.6 Å². The molecule has 4 aromatic carbocycles. The van der Waals surface area contributed by atoms with E-state index < -0.39 is 0 Å². The molecule has 1 unspecified atom stereocenters. The van der Waals surface area contributed by atoms with Gasteiger partial charge in [-0.15, -0.1) is 0 Å². The minimum Gasteiger partial charge on any atom is -0.457 e. The molecule has 1 atom stereocenters. The van der Waals surface area contributed by atoms with Gasteiger partial charge in [-0.3, -0.25) is 5.01 Å². The number of hydrogen-bond donors (Lipinski definition) is 0. The number of allylic oxidation sites excluding steroid dienone is 5. The quantitative estimate of drug-likeness (QED) is 0.181. The lowest BCUT2D eigenvalue weighted by Gasteiger charge is -2.24. The molecule has 42 heavy (non-hydrogen) atoms. The van der Waals surface area contributed by atoms with E-state index in [-0.39, 0.29) is 11.7 Å². The van der Waals surface area contributed by atoms with Gasteiger partial charge in [0.1, 0.15) is 11.5 Å². The molecule has 6 rings (SSSR count). The highest BCUT2D eigenvalue weighted by Gasteiger charge is 2.29. The second-order valence-electron chi connectivity index (χ2n) is 9.86. The summed E-state index contributed by atoms with van der Waals surface area (Å²) in [7, 11) is 0. The fourth-order valence-electron chi connectivity index (χ4n) is 5.04. The predicted molar refractivity (Wildman–Crippen MR) is 168 cm³/mol. The monoisotopic (exact) mass is 542 g/mol. The minimum absolute atomic E-state index is 0.0241. The van der Waals surface area contributed by atoms with E-state index in [1.54, 1.807) is 12.2 Å². The van der Waals surface area contributed by atoms with E-state index >= 15 is 0 Å². The summed E-state index contributed by atoms with van der Waals surface area (Å²) in [5, 5.41) is 16.6. The fraction of sp³-hybridized carbons (Fsp3) is 0.0541. The maximum absolute atomic E-state index is 9.47. The predicted octanol–water partition coefficient (Wildman–Crippen LogP) is 8.71. The molecule has 2 heterocycles. The topological polar surface area (TPSA) is 53.0 Å². The zero-order valence-corrected chi connectivity index (χ0v) is 22.8. The van der Waals surface area contributed by atoms with E-state index in [0.717, 1.165) is 34.5 Å². The van der Waals surface area contributed by atoms with Crippen molar-refractivity contribution in [2.24, 2.45) is 5.10 Å². The number of rotatable bonds is 6. The first-order valence-electron chi connectivity index (χ1n) is 13.7. The summed E-state index contributed by atoms with van der Waals surface area (Å²) in [6.07, 6.45) is 8.11. The number of nitrogens with zero attached hydrogens (tertiary/aromatic N) is 4. The molecule has 0 N–H and O–H groups in total. The van der Waals surface area contributed by atoms with Crippen LogP contribution in [0.1, 0.15) is 34.7 Å². The first kappa shape index (κ1) is 26.3. The largest absolute Gasteiger partial charge is 0.457 e. The molecule has 0 bridgehead atoms. The summed E-state index contributed by atoms with van der Waals surface area (Å²) in [6.45, 7) is 7.40. The van der Waals surface area contributed by atoms with Crippen LogP contribution in [0.4, 0.5) is 5.69 Å². The molecule has 200 valence electrons. The van der Waals surface area contributed by atoms with Gasteiger partial charge in [0.05, 0.1) is 30.1 Å². The first-order valence-corrected chi connectivity index (χ1v) is 13.7. The van der Waals surface area contributed by atoms with Crippen molar-refractivity contribution in [2.75, 3.05) is 5.01 Å². The fourth-order valence-corrected chi connectivity index (χ4v) is 5.04. The van der Waals surface area contributed by atoms with Gasteiger partial charge in [-0.25, -0.2) is 10.1 Å². The van der Waals surface area contributed by atoms with E-state index in [1.165, 1.54) is 5.56 Å². The van der Waals surface area contributed by atoms with Crippen LogP contribution in [0.15, 0.2) is 156 Å². The average molecular weight is 543 g/mol. The van der Waals surface area contributed by atoms with Gasteiger partial charge in [-0.2, -0.15) is 5.10 Å². The Labute approximate surface area is 245 Å². The Morgan fingerprint density at radius 1 is 0.833 bits per heavy atom. The van der Waals surface area contributed by atoms with E-state index in [1.807, 2.05) is 72.8 Å². The Kier molecular flexibility index (Phi) is 7.57. The van der Waals surface area contributed by atoms with Crippen LogP contribution in [0.5, 0.6) is 0 Å². The van der Waals surface area contributed by atoms with Crippen molar-refractivity contribution in [3.05, 3.63) is 184 Å². The van der Waals surface area contributed by atoms with Crippen LogP contribution in [0.3, 0.4) is 0 Å². The SMILES string of the molecule is [C-]#[N+]/C(C#N)=C1C=C(/C=C/c2ccc(N3N=C(c4ccccc4)CC3c3ccccc3)cc2)OC(c2ccccc2)=C/1. The van der Waals surface area contributed by atoms with Crippen molar-refractivity contribution in [3.8, 4) is 6.07 Å². The maximum Gasteiger partial charge on any atom is 0.269 e. The molecule has 0 amide bonds. The Hall–Kier alpha value is -5.91. The van der Waals surface area contributed by atoms with Crippen molar-refractivity contribution in [1.29, 1.82) is 5.26 Å². The van der Waals surface area contributed by atoms with Gasteiger partial charge >= 0.3 is 0 Å². The first-order chi connectivity index (χ1) is 20.7. The van der Waals surface area contributed by atoms with Gasteiger partial charge in [0.15, 0.2) is 0 Å². The summed E-state index contributed by atoms with van der Waals surface area (Å²) < 4.78 is 6.15. The van der Waals surface area contributed by atoms with Crippen molar-refractivity contribution in [1.82, 2.24) is 0 Å². The zero-order chi connectivity index (χ0) is 28.7. The molecule has 2 aliphatic heterocycles. The molecule has 0 aromatic heterocycles. The Balaban J connectivity index is 1.27. The summed E-state index contributed by atoms with van der Waals surface area (Å²) in [5.74, 6) is 1.14. The molecule has 0 saturated carbocycles. The third-order valence-corrected chi connectivity index (χ3v) is 7.16. The summed E-state index contributed by atoms with van der Waals surface area (Å²) >= 11 is 0. The molecule has 4 aromatic rings. The normalized spacial score (nSPS) is 17.4. The Morgan fingerprint density at radius 3 is 2.12 bits per heavy atom. The number of anilines is 1. The molecular weight excluding hydrogens is 516 g/mol. The number of hydrogen-bond acceptors (Lipinski definition) is 4. The summed E-state index contributed by atoms with van der Waals surface area (Å²) in [6, 6.07) is 40.8. The highest BCUT2D eigenvalue weighted by atomic mass is 16.5. The van der Waals surface area contributed by atoms with Crippen LogP contribution in [0, 0.1) is 17.9 Å². The van der Waals surface area contributed by atoms with Crippen LogP contribution in [0.25, 0.3) is 16.7 Å². The Morgan fingerprint density at radius 2 is 1.48 bits per heavy atom. The van der Waals surface area contributed by atoms with Crippen molar-refractivity contribution < 1.29 is 4.74 Å². The van der Waals surface area contributed by atoms with Crippen molar-refractivity contribution in [2.45, 2.75) is 12.5 Å². The Bertz CT molecular complexity index is 1800. The zero-order valence-electron chi connectivity index (χ0n) is 22.8. The number of hydrazone groups is 1. The third kappa shape index (κ3) is 5.68. The van der Waals surface area contributed by atoms with E-state index in [2.05, 4.69) is 70.5 Å². The summed E-state index contributed by atoms with van der Waals surface area (Å²) in [4.78, 5) is 3.40. The molecule has 5 heteroatoms.